The van der Waals surface area contributed by atoms with Gasteiger partial charge in [0, 0.05) is 10.0 Å². The van der Waals surface area contributed by atoms with Gasteiger partial charge in [0.25, 0.3) is 5.91 Å². The summed E-state index contributed by atoms with van der Waals surface area (Å²) in [6.07, 6.45) is 2.85. The lowest BCUT2D eigenvalue weighted by molar-refractivity contribution is 0.0526. The first-order valence-electron chi connectivity index (χ1n) is 9.99. The van der Waals surface area contributed by atoms with Crippen LogP contribution in [0.15, 0.2) is 58.4 Å². The predicted octanol–water partition coefficient (Wildman–Crippen LogP) is 6.21. The van der Waals surface area contributed by atoms with Crippen LogP contribution in [0.3, 0.4) is 0 Å². The molecule has 154 valence electrons. The molecular weight excluding hydrogens is 462 g/mol. The zero-order valence-electron chi connectivity index (χ0n) is 16.6. The summed E-state index contributed by atoms with van der Waals surface area (Å²) in [5.41, 5.74) is 4.71. The Morgan fingerprint density at radius 2 is 1.87 bits per heavy atom. The van der Waals surface area contributed by atoms with Crippen molar-refractivity contribution in [3.05, 3.63) is 86.2 Å². The standard InChI is InChI=1S/C24H22BrNO3S/c1-2-29-24(28)21-20(18-8-7-15-5-3-4-6-17(15)13-18)14-30-23(21)26-22(27)16-9-11-19(25)12-10-16/h3-6,9-12,14,18H,2,7-8,13H2,1H3,(H,26,27). The van der Waals surface area contributed by atoms with E-state index in [1.165, 1.54) is 22.5 Å². The number of anilines is 1. The van der Waals surface area contributed by atoms with Crippen LogP contribution in [-0.2, 0) is 17.6 Å². The fraction of sp³-hybridized carbons (Fsp3) is 0.250. The van der Waals surface area contributed by atoms with E-state index in [-0.39, 0.29) is 17.8 Å². The molecule has 1 aliphatic carbocycles. The van der Waals surface area contributed by atoms with Crippen molar-refractivity contribution in [2.45, 2.75) is 32.1 Å². The summed E-state index contributed by atoms with van der Waals surface area (Å²) in [6, 6.07) is 15.6. The van der Waals surface area contributed by atoms with E-state index in [0.717, 1.165) is 29.3 Å². The van der Waals surface area contributed by atoms with E-state index < -0.39 is 0 Å². The lowest BCUT2D eigenvalue weighted by Crippen LogP contribution is -2.18. The number of aryl methyl sites for hydroxylation is 1. The zero-order chi connectivity index (χ0) is 21.1. The summed E-state index contributed by atoms with van der Waals surface area (Å²) in [7, 11) is 0. The van der Waals surface area contributed by atoms with Crippen LogP contribution in [0.1, 0.15) is 56.7 Å². The number of rotatable bonds is 5. The molecule has 4 nitrogen and oxygen atoms in total. The van der Waals surface area contributed by atoms with Gasteiger partial charge in [-0.25, -0.2) is 4.79 Å². The first-order chi connectivity index (χ1) is 14.6. The van der Waals surface area contributed by atoms with Crippen molar-refractivity contribution in [3.63, 3.8) is 0 Å². The molecule has 0 saturated carbocycles. The number of hydrogen-bond acceptors (Lipinski definition) is 4. The third-order valence-corrected chi connectivity index (χ3v) is 6.86. The fourth-order valence-electron chi connectivity index (χ4n) is 3.92. The minimum atomic E-state index is -0.376. The van der Waals surface area contributed by atoms with Crippen molar-refractivity contribution in [2.24, 2.45) is 0 Å². The normalized spacial score (nSPS) is 15.3. The van der Waals surface area contributed by atoms with Gasteiger partial charge in [0.15, 0.2) is 0 Å². The van der Waals surface area contributed by atoms with Crippen LogP contribution in [0.25, 0.3) is 0 Å². The van der Waals surface area contributed by atoms with Crippen molar-refractivity contribution in [2.75, 3.05) is 11.9 Å². The zero-order valence-corrected chi connectivity index (χ0v) is 19.0. The minimum absolute atomic E-state index is 0.230. The van der Waals surface area contributed by atoms with E-state index in [2.05, 4.69) is 45.5 Å². The fourth-order valence-corrected chi connectivity index (χ4v) is 5.21. The molecule has 1 atom stereocenters. The molecule has 2 aromatic carbocycles. The monoisotopic (exact) mass is 483 g/mol. The number of benzene rings is 2. The quantitative estimate of drug-likeness (QED) is 0.438. The molecule has 4 rings (SSSR count). The van der Waals surface area contributed by atoms with Crippen LogP contribution in [0.5, 0.6) is 0 Å². The summed E-state index contributed by atoms with van der Waals surface area (Å²) in [5.74, 6) is -0.386. The predicted molar refractivity (Wildman–Crippen MR) is 124 cm³/mol. The molecule has 0 saturated heterocycles. The van der Waals surface area contributed by atoms with Crippen molar-refractivity contribution in [1.29, 1.82) is 0 Å². The van der Waals surface area contributed by atoms with E-state index in [4.69, 9.17) is 4.74 Å². The Morgan fingerprint density at radius 1 is 1.13 bits per heavy atom. The Bertz CT molecular complexity index is 1070. The molecule has 6 heteroatoms. The van der Waals surface area contributed by atoms with Gasteiger partial charge in [-0.15, -0.1) is 11.3 Å². The second kappa shape index (κ2) is 9.14. The van der Waals surface area contributed by atoms with Crippen LogP contribution in [0.2, 0.25) is 0 Å². The van der Waals surface area contributed by atoms with Gasteiger partial charge in [0.05, 0.1) is 12.2 Å². The highest BCUT2D eigenvalue weighted by atomic mass is 79.9. The molecule has 1 amide bonds. The van der Waals surface area contributed by atoms with Gasteiger partial charge in [0.1, 0.15) is 5.00 Å². The maximum Gasteiger partial charge on any atom is 0.341 e. The molecule has 1 aromatic heterocycles. The summed E-state index contributed by atoms with van der Waals surface area (Å²) >= 11 is 4.77. The number of halogens is 1. The number of fused-ring (bicyclic) bond motifs is 1. The second-order valence-electron chi connectivity index (χ2n) is 7.29. The average Bonchev–Trinajstić information content (AvgIpc) is 3.17. The number of carbonyl (C=O) groups is 2. The highest BCUT2D eigenvalue weighted by Gasteiger charge is 2.29. The van der Waals surface area contributed by atoms with E-state index in [0.29, 0.717) is 22.7 Å². The topological polar surface area (TPSA) is 55.4 Å². The third kappa shape index (κ3) is 4.35. The number of nitrogens with one attached hydrogen (secondary N) is 1. The summed E-state index contributed by atoms with van der Waals surface area (Å²) in [6.45, 7) is 2.09. The van der Waals surface area contributed by atoms with Crippen molar-refractivity contribution >= 4 is 44.1 Å². The van der Waals surface area contributed by atoms with Crippen LogP contribution in [-0.4, -0.2) is 18.5 Å². The summed E-state index contributed by atoms with van der Waals surface area (Å²) in [4.78, 5) is 25.6. The van der Waals surface area contributed by atoms with Gasteiger partial charge in [-0.3, -0.25) is 4.79 Å². The Labute approximate surface area is 188 Å². The molecule has 0 radical (unpaired) electrons. The highest BCUT2D eigenvalue weighted by molar-refractivity contribution is 9.10. The first kappa shape index (κ1) is 20.8. The van der Waals surface area contributed by atoms with Gasteiger partial charge < -0.3 is 10.1 Å². The van der Waals surface area contributed by atoms with Gasteiger partial charge in [-0.2, -0.15) is 0 Å². The van der Waals surface area contributed by atoms with Gasteiger partial charge in [-0.1, -0.05) is 40.2 Å². The largest absolute Gasteiger partial charge is 0.462 e. The second-order valence-corrected chi connectivity index (χ2v) is 9.08. The Morgan fingerprint density at radius 3 is 2.60 bits per heavy atom. The van der Waals surface area contributed by atoms with E-state index in [1.54, 1.807) is 19.1 Å². The highest BCUT2D eigenvalue weighted by Crippen LogP contribution is 2.40. The number of thiophene rings is 1. The Balaban J connectivity index is 1.64. The maximum absolute atomic E-state index is 12.8. The average molecular weight is 484 g/mol. The maximum atomic E-state index is 12.8. The third-order valence-electron chi connectivity index (χ3n) is 5.42. The molecule has 3 aromatic rings. The molecule has 0 bridgehead atoms. The van der Waals surface area contributed by atoms with Crippen LogP contribution < -0.4 is 5.32 Å². The molecule has 1 heterocycles. The number of carbonyl (C=O) groups excluding carboxylic acids is 2. The molecule has 0 spiro atoms. The van der Waals surface area contributed by atoms with Crippen LogP contribution in [0.4, 0.5) is 5.00 Å². The Hall–Kier alpha value is -2.44. The van der Waals surface area contributed by atoms with E-state index in [9.17, 15) is 9.59 Å². The summed E-state index contributed by atoms with van der Waals surface area (Å²) in [5, 5.41) is 5.48. The van der Waals surface area contributed by atoms with Gasteiger partial charge >= 0.3 is 5.97 Å². The number of amides is 1. The molecular formula is C24H22BrNO3S. The number of hydrogen-bond donors (Lipinski definition) is 1. The summed E-state index contributed by atoms with van der Waals surface area (Å²) < 4.78 is 6.25. The lowest BCUT2D eigenvalue weighted by Gasteiger charge is -2.25. The first-order valence-corrected chi connectivity index (χ1v) is 11.7. The Kier molecular flexibility index (Phi) is 6.35. The van der Waals surface area contributed by atoms with Crippen molar-refractivity contribution in [1.82, 2.24) is 0 Å². The molecule has 1 unspecified atom stereocenters. The van der Waals surface area contributed by atoms with Crippen LogP contribution >= 0.6 is 27.3 Å². The molecule has 1 aliphatic rings. The molecule has 1 N–H and O–H groups in total. The number of esters is 1. The molecule has 0 aliphatic heterocycles. The van der Waals surface area contributed by atoms with Gasteiger partial charge in [-0.05, 0) is 78.4 Å². The van der Waals surface area contributed by atoms with E-state index in [1.807, 2.05) is 17.5 Å². The number of ether oxygens (including phenoxy) is 1. The van der Waals surface area contributed by atoms with E-state index >= 15 is 0 Å². The minimum Gasteiger partial charge on any atom is -0.462 e. The molecule has 0 fully saturated rings. The van der Waals surface area contributed by atoms with Crippen molar-refractivity contribution < 1.29 is 14.3 Å². The van der Waals surface area contributed by atoms with Gasteiger partial charge in [0.2, 0.25) is 0 Å². The smallest absolute Gasteiger partial charge is 0.341 e. The molecule has 30 heavy (non-hydrogen) atoms. The van der Waals surface area contributed by atoms with Crippen LogP contribution in [0, 0.1) is 0 Å². The van der Waals surface area contributed by atoms with Crippen molar-refractivity contribution in [3.8, 4) is 0 Å². The lowest BCUT2D eigenvalue weighted by atomic mass is 9.80. The SMILES string of the molecule is CCOC(=O)c1c(C2CCc3ccccc3C2)csc1NC(=O)c1ccc(Br)cc1.